The van der Waals surface area contributed by atoms with Gasteiger partial charge in [0.25, 0.3) is 0 Å². The molecule has 0 heterocycles. The summed E-state index contributed by atoms with van der Waals surface area (Å²) < 4.78 is 6.90. The topological polar surface area (TPSA) is 29.5 Å². The minimum atomic E-state index is -1.80. The van der Waals surface area contributed by atoms with Gasteiger partial charge in [0, 0.05) is 0 Å². The van der Waals surface area contributed by atoms with Crippen LogP contribution in [0.15, 0.2) is 23.8 Å². The third-order valence-corrected chi connectivity index (χ3v) is 12.0. The van der Waals surface area contributed by atoms with Crippen molar-refractivity contribution in [2.45, 2.75) is 98.1 Å². The van der Waals surface area contributed by atoms with Gasteiger partial charge in [-0.05, 0) is 66.6 Å². The first-order valence-corrected chi connectivity index (χ1v) is 12.9. The van der Waals surface area contributed by atoms with E-state index in [0.717, 1.165) is 19.3 Å². The number of hydrogen-bond donors (Lipinski definition) is 1. The van der Waals surface area contributed by atoms with E-state index >= 15 is 0 Å². The highest BCUT2D eigenvalue weighted by Crippen LogP contribution is 2.60. The summed E-state index contributed by atoms with van der Waals surface area (Å²) in [6, 6.07) is 0. The fourth-order valence-electron chi connectivity index (χ4n) is 4.81. The molecule has 4 atom stereocenters. The molecular formula is C22H40O2Si. The van der Waals surface area contributed by atoms with Gasteiger partial charge in [-0.2, -0.15) is 0 Å². The van der Waals surface area contributed by atoms with Crippen LogP contribution in [-0.4, -0.2) is 25.6 Å². The lowest BCUT2D eigenvalue weighted by molar-refractivity contribution is -0.0914. The summed E-state index contributed by atoms with van der Waals surface area (Å²) in [6.07, 6.45) is 9.45. The molecule has 0 radical (unpaired) electrons. The molecule has 2 aliphatic carbocycles. The molecule has 1 fully saturated rings. The monoisotopic (exact) mass is 364 g/mol. The maximum atomic E-state index is 10.5. The SMILES string of the molecule is C/C=C/C1=C[C@H](O)C[C@@H]2C(C)(C)[C@@H](O[Si](C)(C)C(C)(C)C)CC[C@@]12C. The van der Waals surface area contributed by atoms with Crippen LogP contribution >= 0.6 is 0 Å². The van der Waals surface area contributed by atoms with Crippen LogP contribution in [0.2, 0.25) is 18.1 Å². The maximum absolute atomic E-state index is 10.5. The summed E-state index contributed by atoms with van der Waals surface area (Å²) in [6.45, 7) is 20.9. The van der Waals surface area contributed by atoms with Gasteiger partial charge in [0.2, 0.25) is 0 Å². The van der Waals surface area contributed by atoms with E-state index in [1.54, 1.807) is 0 Å². The second kappa shape index (κ2) is 6.65. The predicted octanol–water partition coefficient (Wildman–Crippen LogP) is 6.09. The molecule has 0 bridgehead atoms. The van der Waals surface area contributed by atoms with Gasteiger partial charge in [0.15, 0.2) is 8.32 Å². The zero-order chi connectivity index (χ0) is 19.3. The third kappa shape index (κ3) is 3.70. The van der Waals surface area contributed by atoms with Gasteiger partial charge >= 0.3 is 0 Å². The summed E-state index contributed by atoms with van der Waals surface area (Å²) in [5.41, 5.74) is 1.52. The Kier molecular flexibility index (Phi) is 5.57. The molecule has 0 aromatic heterocycles. The summed E-state index contributed by atoms with van der Waals surface area (Å²) in [5.74, 6) is 0.440. The van der Waals surface area contributed by atoms with Gasteiger partial charge in [-0.3, -0.25) is 0 Å². The highest BCUT2D eigenvalue weighted by molar-refractivity contribution is 6.74. The van der Waals surface area contributed by atoms with Crippen LogP contribution in [0.1, 0.15) is 67.7 Å². The normalized spacial score (nSPS) is 36.2. The van der Waals surface area contributed by atoms with E-state index in [0.29, 0.717) is 5.92 Å². The van der Waals surface area contributed by atoms with E-state index in [-0.39, 0.29) is 28.1 Å². The lowest BCUT2D eigenvalue weighted by Gasteiger charge is -2.59. The molecular weight excluding hydrogens is 324 g/mol. The lowest BCUT2D eigenvalue weighted by Crippen LogP contribution is -2.57. The van der Waals surface area contributed by atoms with Gasteiger partial charge in [0.05, 0.1) is 12.2 Å². The Bertz CT molecular complexity index is 553. The van der Waals surface area contributed by atoms with Crippen LogP contribution in [0.3, 0.4) is 0 Å². The van der Waals surface area contributed by atoms with Crippen molar-refractivity contribution in [2.24, 2.45) is 16.7 Å². The lowest BCUT2D eigenvalue weighted by atomic mass is 9.50. The van der Waals surface area contributed by atoms with E-state index in [9.17, 15) is 5.11 Å². The Morgan fingerprint density at radius 2 is 1.84 bits per heavy atom. The van der Waals surface area contributed by atoms with Gasteiger partial charge in [-0.1, -0.05) is 59.8 Å². The molecule has 2 nitrogen and oxygen atoms in total. The van der Waals surface area contributed by atoms with Crippen molar-refractivity contribution in [1.29, 1.82) is 0 Å². The number of hydrogen-bond acceptors (Lipinski definition) is 2. The molecule has 1 saturated carbocycles. The summed E-state index contributed by atoms with van der Waals surface area (Å²) >= 11 is 0. The molecule has 0 aromatic rings. The Balaban J connectivity index is 2.35. The fourth-order valence-corrected chi connectivity index (χ4v) is 6.29. The van der Waals surface area contributed by atoms with Crippen LogP contribution in [0.5, 0.6) is 0 Å². The van der Waals surface area contributed by atoms with E-state index in [2.05, 4.69) is 79.8 Å². The summed E-state index contributed by atoms with van der Waals surface area (Å²) in [5, 5.41) is 10.7. The molecule has 3 heteroatoms. The van der Waals surface area contributed by atoms with Gasteiger partial charge in [0.1, 0.15) is 0 Å². The fraction of sp³-hybridized carbons (Fsp3) is 0.818. The number of aliphatic hydroxyl groups is 1. The Labute approximate surface area is 156 Å². The smallest absolute Gasteiger partial charge is 0.192 e. The molecule has 1 N–H and O–H groups in total. The minimum Gasteiger partial charge on any atom is -0.413 e. The van der Waals surface area contributed by atoms with Crippen molar-refractivity contribution in [2.75, 3.05) is 0 Å². The first kappa shape index (κ1) is 20.9. The van der Waals surface area contributed by atoms with Crippen LogP contribution in [0.25, 0.3) is 0 Å². The van der Waals surface area contributed by atoms with Crippen molar-refractivity contribution >= 4 is 8.32 Å². The van der Waals surface area contributed by atoms with Crippen molar-refractivity contribution in [3.05, 3.63) is 23.8 Å². The molecule has 0 aromatic carbocycles. The van der Waals surface area contributed by atoms with E-state index in [1.165, 1.54) is 5.57 Å². The summed E-state index contributed by atoms with van der Waals surface area (Å²) in [4.78, 5) is 0. The molecule has 0 aliphatic heterocycles. The quantitative estimate of drug-likeness (QED) is 0.614. The molecule has 2 aliphatic rings. The average Bonchev–Trinajstić information content (AvgIpc) is 2.44. The predicted molar refractivity (Wildman–Crippen MR) is 110 cm³/mol. The van der Waals surface area contributed by atoms with Crippen LogP contribution in [-0.2, 0) is 4.43 Å². The second-order valence-electron chi connectivity index (χ2n) is 10.6. The zero-order valence-electron chi connectivity index (χ0n) is 17.9. The molecule has 0 spiro atoms. The van der Waals surface area contributed by atoms with Gasteiger partial charge < -0.3 is 9.53 Å². The average molecular weight is 365 g/mol. The maximum Gasteiger partial charge on any atom is 0.192 e. The Morgan fingerprint density at radius 1 is 1.24 bits per heavy atom. The first-order valence-electron chi connectivity index (χ1n) is 9.96. The standard InChI is InChI=1S/C22H40O2Si/c1-10-11-16-14-17(23)15-18-21(5,6)19(12-13-22(16,18)7)24-25(8,9)20(2,3)4/h10-11,14,17-19,23H,12-13,15H2,1-9H3/b11-10+/t17-,18+,19-,22-/m0/s1. The molecule has 25 heavy (non-hydrogen) atoms. The highest BCUT2D eigenvalue weighted by Gasteiger charge is 2.56. The van der Waals surface area contributed by atoms with Crippen molar-refractivity contribution in [1.82, 2.24) is 0 Å². The van der Waals surface area contributed by atoms with Crippen LogP contribution < -0.4 is 0 Å². The van der Waals surface area contributed by atoms with Crippen LogP contribution in [0.4, 0.5) is 0 Å². The highest BCUT2D eigenvalue weighted by atomic mass is 28.4. The molecule has 2 rings (SSSR count). The van der Waals surface area contributed by atoms with Crippen molar-refractivity contribution < 1.29 is 9.53 Å². The first-order chi connectivity index (χ1) is 11.3. The minimum absolute atomic E-state index is 0.0601. The van der Waals surface area contributed by atoms with Crippen molar-refractivity contribution in [3.63, 3.8) is 0 Å². The zero-order valence-corrected chi connectivity index (χ0v) is 18.9. The summed E-state index contributed by atoms with van der Waals surface area (Å²) in [7, 11) is -1.80. The molecule has 0 amide bonds. The van der Waals surface area contributed by atoms with E-state index < -0.39 is 8.32 Å². The largest absolute Gasteiger partial charge is 0.413 e. The number of aliphatic hydroxyl groups excluding tert-OH is 1. The van der Waals surface area contributed by atoms with E-state index in [1.807, 2.05) is 0 Å². The molecule has 144 valence electrons. The van der Waals surface area contributed by atoms with Gasteiger partial charge in [-0.25, -0.2) is 0 Å². The Morgan fingerprint density at radius 3 is 2.36 bits per heavy atom. The molecule has 0 saturated heterocycles. The second-order valence-corrected chi connectivity index (χ2v) is 15.4. The third-order valence-electron chi connectivity index (χ3n) is 7.52. The van der Waals surface area contributed by atoms with Crippen LogP contribution in [0, 0.1) is 16.7 Å². The Hall–Kier alpha value is -0.383. The number of rotatable bonds is 3. The van der Waals surface area contributed by atoms with Crippen molar-refractivity contribution in [3.8, 4) is 0 Å². The number of fused-ring (bicyclic) bond motifs is 1. The van der Waals surface area contributed by atoms with Gasteiger partial charge in [-0.15, -0.1) is 0 Å². The molecule has 0 unspecified atom stereocenters. The van der Waals surface area contributed by atoms with E-state index in [4.69, 9.17) is 4.43 Å². The number of allylic oxidation sites excluding steroid dienone is 3.